The van der Waals surface area contributed by atoms with Crippen molar-refractivity contribution in [3.63, 3.8) is 0 Å². The molecule has 1 aromatic carbocycles. The predicted octanol–water partition coefficient (Wildman–Crippen LogP) is 2.44. The molecule has 0 saturated carbocycles. The molecule has 0 radical (unpaired) electrons. The van der Waals surface area contributed by atoms with Gasteiger partial charge >= 0.3 is 0 Å². The number of rotatable bonds is 6. The lowest BCUT2D eigenvalue weighted by Crippen LogP contribution is -2.15. The average Bonchev–Trinajstić information content (AvgIpc) is 2.67. The largest absolute Gasteiger partial charge is 0.380 e. The Bertz CT molecular complexity index is 928. The molecule has 0 aliphatic rings. The zero-order chi connectivity index (χ0) is 18.4. The molecule has 0 spiro atoms. The van der Waals surface area contributed by atoms with E-state index < -0.39 is 5.91 Å². The summed E-state index contributed by atoms with van der Waals surface area (Å²) in [5.41, 5.74) is 8.43. The number of aromatic nitrogens is 2. The molecule has 0 bridgehead atoms. The predicted molar refractivity (Wildman–Crippen MR) is 98.7 cm³/mol. The number of pyridine rings is 2. The molecule has 2 amide bonds. The first kappa shape index (κ1) is 17.1. The lowest BCUT2D eigenvalue weighted by molar-refractivity contribution is 0.0998. The minimum atomic E-state index is -0.543. The summed E-state index contributed by atoms with van der Waals surface area (Å²) in [4.78, 5) is 31.4. The molecule has 0 saturated heterocycles. The molecule has 3 rings (SSSR count). The third-order valence-electron chi connectivity index (χ3n) is 3.70. The van der Waals surface area contributed by atoms with Crippen molar-refractivity contribution in [2.24, 2.45) is 5.73 Å². The number of carbonyl (C=O) groups excluding carboxylic acids is 2. The first-order valence-electron chi connectivity index (χ1n) is 7.91. The van der Waals surface area contributed by atoms with Gasteiger partial charge in [0.05, 0.1) is 11.3 Å². The molecule has 0 unspecified atom stereocenters. The summed E-state index contributed by atoms with van der Waals surface area (Å²) in [6, 6.07) is 12.4. The Morgan fingerprint density at radius 2 is 1.77 bits per heavy atom. The van der Waals surface area contributed by atoms with Crippen LogP contribution in [0.1, 0.15) is 26.3 Å². The molecule has 3 aromatic rings. The lowest BCUT2D eigenvalue weighted by Gasteiger charge is -2.11. The topological polar surface area (TPSA) is 110 Å². The van der Waals surface area contributed by atoms with E-state index in [-0.39, 0.29) is 5.91 Å². The zero-order valence-corrected chi connectivity index (χ0v) is 13.8. The molecule has 0 aliphatic heterocycles. The van der Waals surface area contributed by atoms with E-state index in [1.54, 1.807) is 36.8 Å². The number of nitrogens with two attached hydrogens (primary N) is 1. The minimum absolute atomic E-state index is 0.206. The highest BCUT2D eigenvalue weighted by Gasteiger charge is 2.08. The van der Waals surface area contributed by atoms with Gasteiger partial charge in [-0.15, -0.1) is 0 Å². The van der Waals surface area contributed by atoms with Gasteiger partial charge in [-0.3, -0.25) is 19.6 Å². The summed E-state index contributed by atoms with van der Waals surface area (Å²) < 4.78 is 0. The molecule has 4 N–H and O–H groups in total. The monoisotopic (exact) mass is 347 g/mol. The number of benzene rings is 1. The Kier molecular flexibility index (Phi) is 5.19. The molecule has 2 heterocycles. The van der Waals surface area contributed by atoms with Crippen LogP contribution in [0.3, 0.4) is 0 Å². The summed E-state index contributed by atoms with van der Waals surface area (Å²) in [5, 5.41) is 6.01. The van der Waals surface area contributed by atoms with Gasteiger partial charge in [0.1, 0.15) is 0 Å². The van der Waals surface area contributed by atoms with E-state index in [0.29, 0.717) is 29.0 Å². The maximum absolute atomic E-state index is 12.2. The Labute approximate surface area is 150 Å². The number of hydrogen-bond acceptors (Lipinski definition) is 5. The third kappa shape index (κ3) is 4.21. The summed E-state index contributed by atoms with van der Waals surface area (Å²) >= 11 is 0. The van der Waals surface area contributed by atoms with E-state index in [4.69, 9.17) is 5.73 Å². The van der Waals surface area contributed by atoms with Crippen molar-refractivity contribution < 1.29 is 9.59 Å². The SMILES string of the molecule is NC(=O)c1cnccc1NCc1cccc(NC(=O)c2ccncc2)c1. The molecule has 7 nitrogen and oxygen atoms in total. The highest BCUT2D eigenvalue weighted by molar-refractivity contribution is 6.04. The first-order chi connectivity index (χ1) is 12.6. The van der Waals surface area contributed by atoms with Gasteiger partial charge in [0, 0.05) is 42.6 Å². The number of anilines is 2. The quantitative estimate of drug-likeness (QED) is 0.634. The van der Waals surface area contributed by atoms with Crippen molar-refractivity contribution in [3.8, 4) is 0 Å². The fourth-order valence-corrected chi connectivity index (χ4v) is 2.41. The number of nitrogens with zero attached hydrogens (tertiary/aromatic N) is 2. The van der Waals surface area contributed by atoms with Gasteiger partial charge < -0.3 is 16.4 Å². The Balaban J connectivity index is 1.68. The number of nitrogens with one attached hydrogen (secondary N) is 2. The average molecular weight is 347 g/mol. The zero-order valence-electron chi connectivity index (χ0n) is 13.8. The highest BCUT2D eigenvalue weighted by Crippen LogP contribution is 2.16. The molecule has 0 aliphatic carbocycles. The van der Waals surface area contributed by atoms with Gasteiger partial charge in [0.15, 0.2) is 0 Å². The van der Waals surface area contributed by atoms with Crippen molar-refractivity contribution in [1.82, 2.24) is 9.97 Å². The summed E-state index contributed by atoms with van der Waals surface area (Å²) in [6.45, 7) is 0.462. The normalized spacial score (nSPS) is 10.2. The second kappa shape index (κ2) is 7.89. The number of hydrogen-bond donors (Lipinski definition) is 3. The molecule has 130 valence electrons. The Hall–Kier alpha value is -3.74. The van der Waals surface area contributed by atoms with E-state index in [0.717, 1.165) is 5.56 Å². The summed E-state index contributed by atoms with van der Waals surface area (Å²) in [7, 11) is 0. The third-order valence-corrected chi connectivity index (χ3v) is 3.70. The van der Waals surface area contributed by atoms with Crippen LogP contribution in [0.5, 0.6) is 0 Å². The smallest absolute Gasteiger partial charge is 0.255 e. The van der Waals surface area contributed by atoms with Crippen LogP contribution in [0.2, 0.25) is 0 Å². The van der Waals surface area contributed by atoms with Crippen LogP contribution in [0, 0.1) is 0 Å². The molecule has 26 heavy (non-hydrogen) atoms. The van der Waals surface area contributed by atoms with E-state index >= 15 is 0 Å². The van der Waals surface area contributed by atoms with Crippen molar-refractivity contribution in [2.75, 3.05) is 10.6 Å². The molecule has 2 aromatic heterocycles. The van der Waals surface area contributed by atoms with E-state index in [2.05, 4.69) is 20.6 Å². The van der Waals surface area contributed by atoms with Gasteiger partial charge in [0.2, 0.25) is 0 Å². The Morgan fingerprint density at radius 1 is 1.00 bits per heavy atom. The fraction of sp³-hybridized carbons (Fsp3) is 0.0526. The number of primary amides is 1. The fourth-order valence-electron chi connectivity index (χ4n) is 2.41. The van der Waals surface area contributed by atoms with E-state index in [9.17, 15) is 9.59 Å². The standard InChI is InChI=1S/C19H17N5O2/c20-18(25)16-12-22-9-6-17(16)23-11-13-2-1-3-15(10-13)24-19(26)14-4-7-21-8-5-14/h1-10,12H,11H2,(H2,20,25)(H,22,23)(H,24,26). The van der Waals surface area contributed by atoms with Crippen molar-refractivity contribution >= 4 is 23.2 Å². The maximum atomic E-state index is 12.2. The molecule has 0 fully saturated rings. The summed E-state index contributed by atoms with van der Waals surface area (Å²) in [6.07, 6.45) is 6.15. The van der Waals surface area contributed by atoms with Crippen LogP contribution in [0.15, 0.2) is 67.3 Å². The molecular formula is C19H17N5O2. The number of carbonyl (C=O) groups is 2. The van der Waals surface area contributed by atoms with Gasteiger partial charge in [0.25, 0.3) is 11.8 Å². The van der Waals surface area contributed by atoms with Crippen LogP contribution in [-0.2, 0) is 6.54 Å². The maximum Gasteiger partial charge on any atom is 0.255 e. The van der Waals surface area contributed by atoms with Crippen LogP contribution in [-0.4, -0.2) is 21.8 Å². The van der Waals surface area contributed by atoms with Crippen molar-refractivity contribution in [2.45, 2.75) is 6.54 Å². The lowest BCUT2D eigenvalue weighted by atomic mass is 10.1. The molecule has 0 atom stereocenters. The highest BCUT2D eigenvalue weighted by atomic mass is 16.2. The van der Waals surface area contributed by atoms with Gasteiger partial charge in [-0.1, -0.05) is 12.1 Å². The van der Waals surface area contributed by atoms with Crippen molar-refractivity contribution in [3.05, 3.63) is 83.9 Å². The van der Waals surface area contributed by atoms with Gasteiger partial charge in [-0.05, 0) is 35.9 Å². The molecular weight excluding hydrogens is 330 g/mol. The van der Waals surface area contributed by atoms with E-state index in [1.807, 2.05) is 24.3 Å². The van der Waals surface area contributed by atoms with Gasteiger partial charge in [-0.25, -0.2) is 0 Å². The van der Waals surface area contributed by atoms with Crippen LogP contribution >= 0.6 is 0 Å². The van der Waals surface area contributed by atoms with Crippen LogP contribution in [0.25, 0.3) is 0 Å². The van der Waals surface area contributed by atoms with Crippen LogP contribution < -0.4 is 16.4 Å². The number of amides is 2. The molecule has 7 heteroatoms. The second-order valence-corrected chi connectivity index (χ2v) is 5.53. The van der Waals surface area contributed by atoms with Crippen LogP contribution in [0.4, 0.5) is 11.4 Å². The second-order valence-electron chi connectivity index (χ2n) is 5.53. The summed E-state index contributed by atoms with van der Waals surface area (Å²) in [5.74, 6) is -0.748. The minimum Gasteiger partial charge on any atom is -0.380 e. The first-order valence-corrected chi connectivity index (χ1v) is 7.91. The van der Waals surface area contributed by atoms with Gasteiger partial charge in [-0.2, -0.15) is 0 Å². The van der Waals surface area contributed by atoms with Crippen molar-refractivity contribution in [1.29, 1.82) is 0 Å². The van der Waals surface area contributed by atoms with E-state index in [1.165, 1.54) is 6.20 Å². The Morgan fingerprint density at radius 3 is 2.54 bits per heavy atom.